The third-order valence-electron chi connectivity index (χ3n) is 7.64. The van der Waals surface area contributed by atoms with Gasteiger partial charge >= 0.3 is 24.7 Å². The van der Waals surface area contributed by atoms with E-state index >= 15 is 0 Å². The largest absolute Gasteiger partial charge is 0.411 e. The summed E-state index contributed by atoms with van der Waals surface area (Å²) >= 11 is 0. The van der Waals surface area contributed by atoms with Crippen LogP contribution in [0.2, 0.25) is 0 Å². The highest BCUT2D eigenvalue weighted by atomic mass is 19.4. The quantitative estimate of drug-likeness (QED) is 0.191. The number of rotatable bonds is 4. The minimum Gasteiger partial charge on any atom is -0.169 e. The first-order chi connectivity index (χ1) is 21.0. The Balaban J connectivity index is 0.000000250. The first-order valence-electron chi connectivity index (χ1n) is 13.6. The summed E-state index contributed by atoms with van der Waals surface area (Å²) in [4.78, 5) is 0. The molecule has 0 spiro atoms. The highest BCUT2D eigenvalue weighted by molar-refractivity contribution is 5.46. The molecule has 0 fully saturated rings. The number of aryl methyl sites for hydroxylation is 4. The van der Waals surface area contributed by atoms with E-state index in [9.17, 15) is 52.7 Å². The van der Waals surface area contributed by atoms with E-state index < -0.39 is 57.8 Å². The van der Waals surface area contributed by atoms with Crippen molar-refractivity contribution in [2.24, 2.45) is 0 Å². The number of hydrogen-bond acceptors (Lipinski definition) is 0. The van der Waals surface area contributed by atoms with E-state index in [1.807, 2.05) is 0 Å². The summed E-state index contributed by atoms with van der Waals surface area (Å²) in [7, 11) is 0. The van der Waals surface area contributed by atoms with E-state index in [4.69, 9.17) is 0 Å². The number of alkyl halides is 12. The molecule has 4 aromatic rings. The van der Waals surface area contributed by atoms with Crippen LogP contribution >= 0.6 is 0 Å². The van der Waals surface area contributed by atoms with Crippen LogP contribution in [0, 0.1) is 27.7 Å². The van der Waals surface area contributed by atoms with E-state index in [2.05, 4.69) is 0 Å². The average Bonchev–Trinajstić information content (AvgIpc) is 2.91. The van der Waals surface area contributed by atoms with Gasteiger partial charge in [-0.1, -0.05) is 119 Å². The Morgan fingerprint density at radius 2 is 0.391 bits per heavy atom. The highest BCUT2D eigenvalue weighted by Gasteiger charge is 2.73. The molecule has 0 saturated heterocycles. The van der Waals surface area contributed by atoms with Crippen LogP contribution in [0.25, 0.3) is 0 Å². The second-order valence-corrected chi connectivity index (χ2v) is 11.0. The zero-order valence-corrected chi connectivity index (χ0v) is 24.8. The van der Waals surface area contributed by atoms with Crippen molar-refractivity contribution >= 4 is 0 Å². The molecule has 0 saturated carbocycles. The van der Waals surface area contributed by atoms with Gasteiger partial charge in [-0.05, 0) is 49.9 Å². The van der Waals surface area contributed by atoms with Crippen LogP contribution in [0.1, 0.15) is 44.5 Å². The summed E-state index contributed by atoms with van der Waals surface area (Å²) < 4.78 is 165. The van der Waals surface area contributed by atoms with Crippen LogP contribution in [-0.2, 0) is 10.8 Å². The standard InChI is InChI=1S/2C17H14F6/c2*1-11-3-7-13(8-4-11)15(16(18,19)20,17(21,22)23)14-9-5-12(2)6-10-14/h2*3-10H,1-2H3. The lowest BCUT2D eigenvalue weighted by Crippen LogP contribution is -2.54. The maximum atomic E-state index is 13.7. The van der Waals surface area contributed by atoms with Gasteiger partial charge in [-0.15, -0.1) is 0 Å². The molecule has 12 heteroatoms. The van der Waals surface area contributed by atoms with E-state index in [-0.39, 0.29) is 0 Å². The van der Waals surface area contributed by atoms with Crippen LogP contribution in [0.3, 0.4) is 0 Å². The minimum absolute atomic E-state index is 0.580. The van der Waals surface area contributed by atoms with Gasteiger partial charge in [0, 0.05) is 0 Å². The topological polar surface area (TPSA) is 0 Å². The van der Waals surface area contributed by atoms with Gasteiger partial charge in [0.1, 0.15) is 0 Å². The predicted octanol–water partition coefficient (Wildman–Crippen LogP) is 11.4. The Labute approximate surface area is 257 Å². The fraction of sp³-hybridized carbons (Fsp3) is 0.294. The van der Waals surface area contributed by atoms with Crippen LogP contribution in [0.4, 0.5) is 52.7 Å². The zero-order valence-electron chi connectivity index (χ0n) is 24.8. The van der Waals surface area contributed by atoms with E-state index in [1.54, 1.807) is 27.7 Å². The van der Waals surface area contributed by atoms with Crippen LogP contribution in [0.5, 0.6) is 0 Å². The normalized spacial score (nSPS) is 13.2. The Morgan fingerprint density at radius 1 is 0.261 bits per heavy atom. The summed E-state index contributed by atoms with van der Waals surface area (Å²) in [5.74, 6) is 0. The molecule has 0 aliphatic heterocycles. The molecule has 0 aromatic heterocycles. The van der Waals surface area contributed by atoms with Gasteiger partial charge in [0.25, 0.3) is 0 Å². The van der Waals surface area contributed by atoms with Gasteiger partial charge in [-0.3, -0.25) is 0 Å². The second-order valence-electron chi connectivity index (χ2n) is 11.0. The van der Waals surface area contributed by atoms with Crippen molar-refractivity contribution in [1.29, 1.82) is 0 Å². The van der Waals surface area contributed by atoms with Crippen molar-refractivity contribution in [2.75, 3.05) is 0 Å². The first-order valence-corrected chi connectivity index (χ1v) is 13.6. The Kier molecular flexibility index (Phi) is 10.1. The van der Waals surface area contributed by atoms with Crippen LogP contribution in [-0.4, -0.2) is 24.7 Å². The van der Waals surface area contributed by atoms with Crippen molar-refractivity contribution in [1.82, 2.24) is 0 Å². The van der Waals surface area contributed by atoms with E-state index in [0.717, 1.165) is 48.5 Å². The highest BCUT2D eigenvalue weighted by Crippen LogP contribution is 2.57. The number of halogens is 12. The Morgan fingerprint density at radius 3 is 0.500 bits per heavy atom. The molecule has 0 N–H and O–H groups in total. The Bertz CT molecular complexity index is 1320. The monoisotopic (exact) mass is 664 g/mol. The lowest BCUT2D eigenvalue weighted by Gasteiger charge is -2.38. The number of benzene rings is 4. The van der Waals surface area contributed by atoms with Crippen molar-refractivity contribution in [3.8, 4) is 0 Å². The molecule has 0 atom stereocenters. The molecular formula is C34H28F12. The molecular weight excluding hydrogens is 636 g/mol. The van der Waals surface area contributed by atoms with Crippen molar-refractivity contribution < 1.29 is 52.7 Å². The SMILES string of the molecule is Cc1ccc(C(c2ccc(C)cc2)(C(F)(F)F)C(F)(F)F)cc1.Cc1ccc(C(c2ccc(C)cc2)(C(F)(F)F)C(F)(F)F)cc1. The first kappa shape index (κ1) is 36.5. The zero-order chi connectivity index (χ0) is 34.9. The molecule has 0 radical (unpaired) electrons. The van der Waals surface area contributed by atoms with Crippen molar-refractivity contribution in [3.63, 3.8) is 0 Å². The molecule has 0 aliphatic carbocycles. The van der Waals surface area contributed by atoms with Gasteiger partial charge in [-0.25, -0.2) is 0 Å². The van der Waals surface area contributed by atoms with Gasteiger partial charge in [0.05, 0.1) is 0 Å². The van der Waals surface area contributed by atoms with Crippen LogP contribution < -0.4 is 0 Å². The molecule has 248 valence electrons. The van der Waals surface area contributed by atoms with Crippen molar-refractivity contribution in [2.45, 2.75) is 63.2 Å². The van der Waals surface area contributed by atoms with E-state index in [1.165, 1.54) is 48.5 Å². The second kappa shape index (κ2) is 12.7. The average molecular weight is 665 g/mol. The summed E-state index contributed by atoms with van der Waals surface area (Å²) in [6.45, 7) is 6.38. The van der Waals surface area contributed by atoms with Crippen molar-refractivity contribution in [3.05, 3.63) is 142 Å². The fourth-order valence-corrected chi connectivity index (χ4v) is 5.18. The van der Waals surface area contributed by atoms with Crippen LogP contribution in [0.15, 0.2) is 97.1 Å². The predicted molar refractivity (Wildman–Crippen MR) is 150 cm³/mol. The molecule has 0 bridgehead atoms. The van der Waals surface area contributed by atoms with Gasteiger partial charge in [0.2, 0.25) is 10.8 Å². The molecule has 0 aliphatic rings. The molecule has 0 unspecified atom stereocenters. The van der Waals surface area contributed by atoms with Gasteiger partial charge in [0.15, 0.2) is 0 Å². The maximum Gasteiger partial charge on any atom is 0.411 e. The lowest BCUT2D eigenvalue weighted by atomic mass is 9.72. The Hall–Kier alpha value is -3.96. The summed E-state index contributed by atoms with van der Waals surface area (Å²) in [6.07, 6.45) is -22.1. The summed E-state index contributed by atoms with van der Waals surface area (Å²) in [6, 6.07) is 17.0. The molecule has 4 aromatic carbocycles. The molecule has 4 rings (SSSR count). The number of hydrogen-bond donors (Lipinski definition) is 0. The lowest BCUT2D eigenvalue weighted by molar-refractivity contribution is -0.290. The third-order valence-corrected chi connectivity index (χ3v) is 7.64. The van der Waals surface area contributed by atoms with Gasteiger partial charge in [-0.2, -0.15) is 52.7 Å². The third kappa shape index (κ3) is 6.62. The van der Waals surface area contributed by atoms with Gasteiger partial charge < -0.3 is 0 Å². The molecule has 0 heterocycles. The molecule has 46 heavy (non-hydrogen) atoms. The van der Waals surface area contributed by atoms with E-state index in [0.29, 0.717) is 22.3 Å². The fourth-order valence-electron chi connectivity index (χ4n) is 5.18. The minimum atomic E-state index is -5.53. The smallest absolute Gasteiger partial charge is 0.169 e. The summed E-state index contributed by atoms with van der Waals surface area (Å²) in [5, 5.41) is 0. The summed E-state index contributed by atoms with van der Waals surface area (Å²) in [5.41, 5.74) is -9.15. The molecule has 0 nitrogen and oxygen atoms in total. The molecule has 0 amide bonds. The maximum absolute atomic E-state index is 13.7.